The van der Waals surface area contributed by atoms with Crippen LogP contribution in [0.1, 0.15) is 12.8 Å². The number of nitrogens with zero attached hydrogens (tertiary/aromatic N) is 2. The van der Waals surface area contributed by atoms with Crippen LogP contribution in [0.5, 0.6) is 0 Å². The predicted molar refractivity (Wildman–Crippen MR) is 71.5 cm³/mol. The molecule has 0 saturated carbocycles. The van der Waals surface area contributed by atoms with Crippen LogP contribution < -0.4 is 16.6 Å². The summed E-state index contributed by atoms with van der Waals surface area (Å²) in [5, 5.41) is 3.42. The molecule has 1 aromatic heterocycles. The summed E-state index contributed by atoms with van der Waals surface area (Å²) in [6.45, 7) is 0. The molecule has 1 aromatic rings. The van der Waals surface area contributed by atoms with Gasteiger partial charge in [0.05, 0.1) is 4.47 Å². The molecule has 88 valence electrons. The fourth-order valence-electron chi connectivity index (χ4n) is 1.57. The van der Waals surface area contributed by atoms with Gasteiger partial charge in [0.15, 0.2) is 0 Å². The fourth-order valence-corrected chi connectivity index (χ4v) is 2.99. The van der Waals surface area contributed by atoms with Gasteiger partial charge in [0.1, 0.15) is 5.82 Å². The third-order valence-corrected chi connectivity index (χ3v) is 4.06. The Kier molecular flexibility index (Phi) is 4.25. The van der Waals surface area contributed by atoms with Crippen LogP contribution in [0.25, 0.3) is 0 Å². The summed E-state index contributed by atoms with van der Waals surface area (Å²) >= 11 is 5.43. The van der Waals surface area contributed by atoms with Crippen LogP contribution in [-0.4, -0.2) is 27.5 Å². The van der Waals surface area contributed by atoms with Crippen molar-refractivity contribution >= 4 is 39.5 Å². The molecule has 0 amide bonds. The second kappa shape index (κ2) is 5.70. The number of nitrogens with one attached hydrogen (secondary N) is 2. The third kappa shape index (κ3) is 2.99. The largest absolute Gasteiger partial charge is 0.366 e. The van der Waals surface area contributed by atoms with Crippen molar-refractivity contribution in [3.8, 4) is 0 Å². The van der Waals surface area contributed by atoms with E-state index in [4.69, 9.17) is 5.84 Å². The van der Waals surface area contributed by atoms with E-state index in [9.17, 15) is 0 Å². The first-order valence-corrected chi connectivity index (χ1v) is 7.08. The molecule has 1 saturated heterocycles. The van der Waals surface area contributed by atoms with Gasteiger partial charge in [0, 0.05) is 12.2 Å². The number of rotatable bonds is 3. The minimum atomic E-state index is 0.427. The van der Waals surface area contributed by atoms with Crippen molar-refractivity contribution < 1.29 is 0 Å². The summed E-state index contributed by atoms with van der Waals surface area (Å²) in [7, 11) is 0. The number of anilines is 2. The second-order valence-electron chi connectivity index (χ2n) is 3.57. The lowest BCUT2D eigenvalue weighted by Crippen LogP contribution is -2.25. The van der Waals surface area contributed by atoms with Crippen LogP contribution in [0.3, 0.4) is 0 Å². The average molecular weight is 304 g/mol. The van der Waals surface area contributed by atoms with Gasteiger partial charge >= 0.3 is 0 Å². The summed E-state index contributed by atoms with van der Waals surface area (Å²) in [6, 6.07) is 0.498. The number of hydrogen-bond donors (Lipinski definition) is 3. The molecular formula is C9H14BrN5S. The predicted octanol–water partition coefficient (Wildman–Crippen LogP) is 1.83. The number of halogens is 1. The molecule has 7 heteroatoms. The Morgan fingerprint density at radius 2 is 2.19 bits per heavy atom. The zero-order chi connectivity index (χ0) is 11.4. The van der Waals surface area contributed by atoms with E-state index < -0.39 is 0 Å². The molecule has 2 heterocycles. The van der Waals surface area contributed by atoms with Crippen molar-refractivity contribution in [2.24, 2.45) is 5.84 Å². The molecule has 2 rings (SSSR count). The highest BCUT2D eigenvalue weighted by Gasteiger charge is 2.15. The molecule has 1 fully saturated rings. The smallest absolute Gasteiger partial charge is 0.239 e. The molecule has 4 N–H and O–H groups in total. The van der Waals surface area contributed by atoms with Gasteiger partial charge < -0.3 is 5.32 Å². The lowest BCUT2D eigenvalue weighted by molar-refractivity contribution is 0.663. The first-order valence-electron chi connectivity index (χ1n) is 5.13. The zero-order valence-electron chi connectivity index (χ0n) is 8.74. The maximum Gasteiger partial charge on any atom is 0.239 e. The van der Waals surface area contributed by atoms with Crippen molar-refractivity contribution in [3.63, 3.8) is 0 Å². The second-order valence-corrected chi connectivity index (χ2v) is 5.64. The number of aromatic nitrogens is 2. The van der Waals surface area contributed by atoms with Crippen molar-refractivity contribution in [1.82, 2.24) is 9.97 Å². The highest BCUT2D eigenvalue weighted by Crippen LogP contribution is 2.25. The Morgan fingerprint density at radius 3 is 2.88 bits per heavy atom. The van der Waals surface area contributed by atoms with Gasteiger partial charge in [-0.05, 0) is 40.3 Å². The molecule has 0 aromatic carbocycles. The van der Waals surface area contributed by atoms with E-state index in [2.05, 4.69) is 36.6 Å². The zero-order valence-corrected chi connectivity index (χ0v) is 11.1. The summed E-state index contributed by atoms with van der Waals surface area (Å²) < 4.78 is 0.865. The monoisotopic (exact) mass is 303 g/mol. The van der Waals surface area contributed by atoms with Crippen molar-refractivity contribution in [1.29, 1.82) is 0 Å². The quantitative estimate of drug-likeness (QED) is 0.584. The highest BCUT2D eigenvalue weighted by molar-refractivity contribution is 9.10. The Bertz CT molecular complexity index is 356. The molecule has 5 nitrogen and oxygen atoms in total. The topological polar surface area (TPSA) is 75.9 Å². The van der Waals surface area contributed by atoms with Gasteiger partial charge in [-0.2, -0.15) is 16.7 Å². The molecule has 0 unspecified atom stereocenters. The molecule has 0 bridgehead atoms. The van der Waals surface area contributed by atoms with Crippen molar-refractivity contribution in [3.05, 3.63) is 10.7 Å². The summed E-state index contributed by atoms with van der Waals surface area (Å²) in [5.74, 6) is 8.93. The van der Waals surface area contributed by atoms with Crippen LogP contribution in [-0.2, 0) is 0 Å². The van der Waals surface area contributed by atoms with Gasteiger partial charge in [-0.25, -0.2) is 10.8 Å². The highest BCUT2D eigenvalue weighted by atomic mass is 79.9. The minimum Gasteiger partial charge on any atom is -0.366 e. The molecule has 0 spiro atoms. The van der Waals surface area contributed by atoms with Crippen LogP contribution >= 0.6 is 27.7 Å². The minimum absolute atomic E-state index is 0.427. The average Bonchev–Trinajstić information content (AvgIpc) is 2.33. The van der Waals surface area contributed by atoms with E-state index in [1.807, 2.05) is 11.8 Å². The lowest BCUT2D eigenvalue weighted by Gasteiger charge is -2.23. The number of nitrogen functional groups attached to an aromatic ring is 1. The van der Waals surface area contributed by atoms with E-state index in [-0.39, 0.29) is 0 Å². The Morgan fingerprint density at radius 1 is 1.44 bits per heavy atom. The molecular weight excluding hydrogens is 290 g/mol. The molecule has 16 heavy (non-hydrogen) atoms. The SMILES string of the molecule is NNc1ncc(Br)c(NC2CCSCC2)n1. The summed E-state index contributed by atoms with van der Waals surface area (Å²) in [6.07, 6.45) is 4.04. The van der Waals surface area contributed by atoms with Gasteiger partial charge in [0.2, 0.25) is 5.95 Å². The molecule has 1 aliphatic rings. The summed E-state index contributed by atoms with van der Waals surface area (Å²) in [4.78, 5) is 8.29. The van der Waals surface area contributed by atoms with E-state index >= 15 is 0 Å². The summed E-state index contributed by atoms with van der Waals surface area (Å²) in [5.41, 5.74) is 2.44. The van der Waals surface area contributed by atoms with Crippen molar-refractivity contribution in [2.45, 2.75) is 18.9 Å². The number of hydrogen-bond acceptors (Lipinski definition) is 6. The molecule has 0 radical (unpaired) electrons. The molecule has 0 aliphatic carbocycles. The van der Waals surface area contributed by atoms with E-state index in [0.717, 1.165) is 10.3 Å². The van der Waals surface area contributed by atoms with Crippen LogP contribution in [0.15, 0.2) is 10.7 Å². The van der Waals surface area contributed by atoms with Gasteiger partial charge in [-0.1, -0.05) is 0 Å². The van der Waals surface area contributed by atoms with Crippen LogP contribution in [0.2, 0.25) is 0 Å². The van der Waals surface area contributed by atoms with Gasteiger partial charge in [-0.3, -0.25) is 5.43 Å². The Hall–Kier alpha value is -0.530. The van der Waals surface area contributed by atoms with Gasteiger partial charge in [-0.15, -0.1) is 0 Å². The van der Waals surface area contributed by atoms with Gasteiger partial charge in [0.25, 0.3) is 0 Å². The van der Waals surface area contributed by atoms with Crippen LogP contribution in [0, 0.1) is 0 Å². The first-order chi connectivity index (χ1) is 7.79. The van der Waals surface area contributed by atoms with E-state index in [0.29, 0.717) is 12.0 Å². The van der Waals surface area contributed by atoms with Crippen molar-refractivity contribution in [2.75, 3.05) is 22.2 Å². The van der Waals surface area contributed by atoms with E-state index in [1.54, 1.807) is 6.20 Å². The van der Waals surface area contributed by atoms with E-state index in [1.165, 1.54) is 24.3 Å². The lowest BCUT2D eigenvalue weighted by atomic mass is 10.1. The molecule has 0 atom stereocenters. The Labute approximate surface area is 107 Å². The maximum atomic E-state index is 5.28. The third-order valence-electron chi connectivity index (χ3n) is 2.44. The maximum absolute atomic E-state index is 5.28. The fraction of sp³-hybridized carbons (Fsp3) is 0.556. The standard InChI is InChI=1S/C9H14BrN5S/c10-7-5-12-9(15-11)14-8(7)13-6-1-3-16-4-2-6/h5-6H,1-4,11H2,(H2,12,13,14,15). The van der Waals surface area contributed by atoms with Crippen LogP contribution in [0.4, 0.5) is 11.8 Å². The normalized spacial score (nSPS) is 17.1. The Balaban J connectivity index is 2.06. The number of thioether (sulfide) groups is 1. The first kappa shape index (κ1) is 11.9. The number of hydrazine groups is 1. The molecule has 1 aliphatic heterocycles. The number of nitrogens with two attached hydrogens (primary N) is 1.